The molecule has 0 radical (unpaired) electrons. The molecule has 5 heteroatoms. The van der Waals surface area contributed by atoms with Crippen molar-refractivity contribution in [3.8, 4) is 0 Å². The van der Waals surface area contributed by atoms with Crippen molar-refractivity contribution < 1.29 is 4.79 Å². The molecule has 2 rings (SSSR count). The van der Waals surface area contributed by atoms with Crippen molar-refractivity contribution in [2.75, 3.05) is 26.7 Å². The quantitative estimate of drug-likeness (QED) is 0.920. The SMILES string of the molecule is CN1CC(CNC(=O)c2sccc2Br)C1. The molecule has 0 unspecified atom stereocenters. The molecule has 0 bridgehead atoms. The Morgan fingerprint density at radius 1 is 1.73 bits per heavy atom. The van der Waals surface area contributed by atoms with Crippen molar-refractivity contribution in [1.82, 2.24) is 10.2 Å². The molecule has 1 aromatic rings. The summed E-state index contributed by atoms with van der Waals surface area (Å²) in [6.07, 6.45) is 0. The van der Waals surface area contributed by atoms with Crippen LogP contribution < -0.4 is 5.32 Å². The standard InChI is InChI=1S/C10H13BrN2OS/c1-13-5-7(6-13)4-12-10(14)9-8(11)2-3-15-9/h2-3,7H,4-6H2,1H3,(H,12,14). The number of rotatable bonds is 3. The lowest BCUT2D eigenvalue weighted by Crippen LogP contribution is -2.49. The number of hydrogen-bond acceptors (Lipinski definition) is 3. The predicted molar refractivity (Wildman–Crippen MR) is 65.3 cm³/mol. The maximum Gasteiger partial charge on any atom is 0.262 e. The summed E-state index contributed by atoms with van der Waals surface area (Å²) in [7, 11) is 2.09. The summed E-state index contributed by atoms with van der Waals surface area (Å²) in [5.74, 6) is 0.657. The van der Waals surface area contributed by atoms with E-state index in [2.05, 4.69) is 33.2 Å². The predicted octanol–water partition coefficient (Wildman–Crippen LogP) is 1.80. The summed E-state index contributed by atoms with van der Waals surface area (Å²) >= 11 is 4.82. The maximum absolute atomic E-state index is 11.7. The smallest absolute Gasteiger partial charge is 0.262 e. The first-order chi connectivity index (χ1) is 7.16. The third-order valence-corrected chi connectivity index (χ3v) is 4.35. The van der Waals surface area contributed by atoms with Gasteiger partial charge in [-0.1, -0.05) is 0 Å². The van der Waals surface area contributed by atoms with Gasteiger partial charge in [0.15, 0.2) is 0 Å². The highest BCUT2D eigenvalue weighted by Gasteiger charge is 2.23. The molecule has 1 aliphatic rings. The molecular formula is C10H13BrN2OS. The van der Waals surface area contributed by atoms with E-state index in [9.17, 15) is 4.79 Å². The summed E-state index contributed by atoms with van der Waals surface area (Å²) in [4.78, 5) is 14.7. The summed E-state index contributed by atoms with van der Waals surface area (Å²) in [5.41, 5.74) is 0. The Morgan fingerprint density at radius 3 is 3.00 bits per heavy atom. The molecule has 1 saturated heterocycles. The van der Waals surface area contributed by atoms with E-state index < -0.39 is 0 Å². The molecule has 0 aromatic carbocycles. The summed E-state index contributed by atoms with van der Waals surface area (Å²) in [5, 5.41) is 4.88. The van der Waals surface area contributed by atoms with Crippen LogP contribution in [-0.2, 0) is 0 Å². The second-order valence-corrected chi connectivity index (χ2v) is 5.67. The number of likely N-dealkylation sites (tertiary alicyclic amines) is 1. The lowest BCUT2D eigenvalue weighted by molar-refractivity contribution is 0.0901. The fourth-order valence-corrected chi connectivity index (χ4v) is 3.20. The van der Waals surface area contributed by atoms with E-state index in [-0.39, 0.29) is 5.91 Å². The Bertz CT molecular complexity index is 360. The van der Waals surface area contributed by atoms with Gasteiger partial charge in [0, 0.05) is 30.0 Å². The van der Waals surface area contributed by atoms with Crippen LogP contribution in [-0.4, -0.2) is 37.5 Å². The van der Waals surface area contributed by atoms with Crippen LogP contribution in [0.2, 0.25) is 0 Å². The topological polar surface area (TPSA) is 32.3 Å². The average Bonchev–Trinajstić information content (AvgIpc) is 2.57. The summed E-state index contributed by atoms with van der Waals surface area (Å²) in [6, 6.07) is 1.90. The Labute approximate surface area is 102 Å². The minimum Gasteiger partial charge on any atom is -0.351 e. The van der Waals surface area contributed by atoms with Crippen molar-refractivity contribution in [1.29, 1.82) is 0 Å². The van der Waals surface area contributed by atoms with Gasteiger partial charge in [-0.15, -0.1) is 11.3 Å². The Hall–Kier alpha value is -0.390. The number of thiophene rings is 1. The first kappa shape index (κ1) is 11.1. The molecule has 0 aliphatic carbocycles. The second-order valence-electron chi connectivity index (χ2n) is 3.89. The third kappa shape index (κ3) is 2.59. The fourth-order valence-electron chi connectivity index (χ4n) is 1.73. The molecule has 2 heterocycles. The first-order valence-corrected chi connectivity index (χ1v) is 6.54. The fraction of sp³-hybridized carbons (Fsp3) is 0.500. The van der Waals surface area contributed by atoms with Gasteiger partial charge >= 0.3 is 0 Å². The van der Waals surface area contributed by atoms with Crippen molar-refractivity contribution >= 4 is 33.2 Å². The van der Waals surface area contributed by atoms with Gasteiger partial charge in [-0.25, -0.2) is 0 Å². The van der Waals surface area contributed by atoms with Gasteiger partial charge in [-0.3, -0.25) is 4.79 Å². The second kappa shape index (κ2) is 4.63. The van der Waals surface area contributed by atoms with Crippen LogP contribution in [0.3, 0.4) is 0 Å². The molecular weight excluding hydrogens is 276 g/mol. The van der Waals surface area contributed by atoms with Gasteiger partial charge < -0.3 is 10.2 Å². The highest BCUT2D eigenvalue weighted by molar-refractivity contribution is 9.10. The third-order valence-electron chi connectivity index (χ3n) is 2.51. The highest BCUT2D eigenvalue weighted by Crippen LogP contribution is 2.22. The van der Waals surface area contributed by atoms with E-state index in [1.807, 2.05) is 11.4 Å². The van der Waals surface area contributed by atoms with Crippen LogP contribution in [0.4, 0.5) is 0 Å². The van der Waals surface area contributed by atoms with Crippen molar-refractivity contribution in [3.63, 3.8) is 0 Å². The number of halogens is 1. The number of carbonyl (C=O) groups excluding carboxylic acids is 1. The van der Waals surface area contributed by atoms with E-state index in [0.717, 1.165) is 29.0 Å². The molecule has 1 N–H and O–H groups in total. The number of nitrogens with zero attached hydrogens (tertiary/aromatic N) is 1. The zero-order valence-corrected chi connectivity index (χ0v) is 10.9. The van der Waals surface area contributed by atoms with E-state index in [1.165, 1.54) is 11.3 Å². The number of nitrogens with one attached hydrogen (secondary N) is 1. The highest BCUT2D eigenvalue weighted by atomic mass is 79.9. The summed E-state index contributed by atoms with van der Waals surface area (Å²) in [6.45, 7) is 2.96. The molecule has 0 spiro atoms. The molecule has 1 fully saturated rings. The molecule has 0 atom stereocenters. The monoisotopic (exact) mass is 288 g/mol. The van der Waals surface area contributed by atoms with E-state index in [4.69, 9.17) is 0 Å². The Balaban J connectivity index is 1.80. The maximum atomic E-state index is 11.7. The normalized spacial score (nSPS) is 17.5. The van der Waals surface area contributed by atoms with Crippen molar-refractivity contribution in [3.05, 3.63) is 20.8 Å². The first-order valence-electron chi connectivity index (χ1n) is 4.86. The van der Waals surface area contributed by atoms with Crippen LogP contribution in [0, 0.1) is 5.92 Å². The minimum atomic E-state index is 0.0337. The molecule has 1 aliphatic heterocycles. The minimum absolute atomic E-state index is 0.0337. The van der Waals surface area contributed by atoms with Gasteiger partial charge in [0.1, 0.15) is 4.88 Å². The zero-order chi connectivity index (χ0) is 10.8. The van der Waals surface area contributed by atoms with Crippen LogP contribution in [0.5, 0.6) is 0 Å². The van der Waals surface area contributed by atoms with E-state index >= 15 is 0 Å². The molecule has 15 heavy (non-hydrogen) atoms. The lowest BCUT2D eigenvalue weighted by atomic mass is 10.0. The van der Waals surface area contributed by atoms with Crippen LogP contribution in [0.1, 0.15) is 9.67 Å². The lowest BCUT2D eigenvalue weighted by Gasteiger charge is -2.36. The Morgan fingerprint density at radius 2 is 2.47 bits per heavy atom. The van der Waals surface area contributed by atoms with Gasteiger partial charge in [-0.05, 0) is 34.4 Å². The molecule has 82 valence electrons. The van der Waals surface area contributed by atoms with Crippen LogP contribution >= 0.6 is 27.3 Å². The van der Waals surface area contributed by atoms with Gasteiger partial charge in [-0.2, -0.15) is 0 Å². The van der Waals surface area contributed by atoms with Gasteiger partial charge in [0.2, 0.25) is 0 Å². The van der Waals surface area contributed by atoms with E-state index in [1.54, 1.807) is 0 Å². The van der Waals surface area contributed by atoms with Gasteiger partial charge in [0.25, 0.3) is 5.91 Å². The number of amides is 1. The largest absolute Gasteiger partial charge is 0.351 e. The van der Waals surface area contributed by atoms with Gasteiger partial charge in [0.05, 0.1) is 0 Å². The number of hydrogen-bond donors (Lipinski definition) is 1. The van der Waals surface area contributed by atoms with Crippen LogP contribution in [0.15, 0.2) is 15.9 Å². The zero-order valence-electron chi connectivity index (χ0n) is 8.50. The molecule has 0 saturated carbocycles. The average molecular weight is 289 g/mol. The number of carbonyl (C=O) groups is 1. The van der Waals surface area contributed by atoms with Crippen molar-refractivity contribution in [2.24, 2.45) is 5.92 Å². The summed E-state index contributed by atoms with van der Waals surface area (Å²) < 4.78 is 0.885. The van der Waals surface area contributed by atoms with E-state index in [0.29, 0.717) is 5.92 Å². The molecule has 3 nitrogen and oxygen atoms in total. The van der Waals surface area contributed by atoms with Crippen molar-refractivity contribution in [2.45, 2.75) is 0 Å². The van der Waals surface area contributed by atoms with Crippen LogP contribution in [0.25, 0.3) is 0 Å². The Kier molecular flexibility index (Phi) is 3.43. The molecule has 1 amide bonds. The molecule has 1 aromatic heterocycles.